The number of para-hydroxylation sites is 1. The molecule has 2 aromatic carbocycles. The number of likely N-dealkylation sites (tertiary alicyclic amines) is 1. The Balaban J connectivity index is 1.47. The number of alkyl halides is 2. The second-order valence-electron chi connectivity index (χ2n) is 8.52. The van der Waals surface area contributed by atoms with E-state index in [1.165, 1.54) is 0 Å². The molecular formula is C27H29F2N3O3. The fourth-order valence-electron chi connectivity index (χ4n) is 4.45. The Hall–Kier alpha value is -3.52. The number of ether oxygens (including phenoxy) is 2. The zero-order valence-corrected chi connectivity index (χ0v) is 19.6. The summed E-state index contributed by atoms with van der Waals surface area (Å²) in [5.74, 6) is 0.787. The molecule has 3 aromatic rings. The van der Waals surface area contributed by atoms with Crippen LogP contribution < -0.4 is 9.47 Å². The van der Waals surface area contributed by atoms with E-state index in [1.807, 2.05) is 41.3 Å². The van der Waals surface area contributed by atoms with Gasteiger partial charge in [-0.15, -0.1) is 0 Å². The molecule has 4 rings (SSSR count). The average molecular weight is 482 g/mol. The lowest BCUT2D eigenvalue weighted by Crippen LogP contribution is -2.47. The van der Waals surface area contributed by atoms with Gasteiger partial charge < -0.3 is 14.4 Å². The van der Waals surface area contributed by atoms with E-state index >= 15 is 0 Å². The maximum atomic E-state index is 13.6. The van der Waals surface area contributed by atoms with Gasteiger partial charge in [-0.05, 0) is 48.7 Å². The van der Waals surface area contributed by atoms with E-state index in [2.05, 4.69) is 14.6 Å². The molecule has 0 radical (unpaired) electrons. The summed E-state index contributed by atoms with van der Waals surface area (Å²) in [6.07, 6.45) is 5.04. The van der Waals surface area contributed by atoms with Crippen molar-refractivity contribution >= 4 is 5.91 Å². The van der Waals surface area contributed by atoms with Crippen LogP contribution in [0.25, 0.3) is 0 Å². The Morgan fingerprint density at radius 1 is 1.11 bits per heavy atom. The molecule has 8 heteroatoms. The van der Waals surface area contributed by atoms with Gasteiger partial charge >= 0.3 is 6.61 Å². The molecule has 0 aliphatic carbocycles. The molecule has 6 nitrogen and oxygen atoms in total. The number of carbonyl (C=O) groups excluding carboxylic acids is 1. The van der Waals surface area contributed by atoms with E-state index in [4.69, 9.17) is 4.74 Å². The van der Waals surface area contributed by atoms with Gasteiger partial charge in [0.1, 0.15) is 11.5 Å². The number of halogens is 2. The van der Waals surface area contributed by atoms with Gasteiger partial charge in [0.15, 0.2) is 0 Å². The fraction of sp³-hybridized carbons (Fsp3) is 0.333. The Bertz CT molecular complexity index is 1110. The molecule has 0 saturated carbocycles. The largest absolute Gasteiger partial charge is 0.497 e. The van der Waals surface area contributed by atoms with Crippen molar-refractivity contribution in [2.24, 2.45) is 0 Å². The molecule has 0 unspecified atom stereocenters. The Morgan fingerprint density at radius 3 is 2.63 bits per heavy atom. The van der Waals surface area contributed by atoms with Crippen molar-refractivity contribution in [3.8, 4) is 11.5 Å². The van der Waals surface area contributed by atoms with E-state index < -0.39 is 6.61 Å². The number of nitrogens with zero attached hydrogens (tertiary/aromatic N) is 3. The van der Waals surface area contributed by atoms with Crippen LogP contribution in [0.3, 0.4) is 0 Å². The van der Waals surface area contributed by atoms with Gasteiger partial charge in [-0.2, -0.15) is 8.78 Å². The van der Waals surface area contributed by atoms with Crippen molar-refractivity contribution in [1.29, 1.82) is 0 Å². The summed E-state index contributed by atoms with van der Waals surface area (Å²) in [7, 11) is 1.58. The smallest absolute Gasteiger partial charge is 0.387 e. The molecule has 1 aromatic heterocycles. The first-order chi connectivity index (χ1) is 17.0. The molecule has 1 aliphatic heterocycles. The molecule has 1 saturated heterocycles. The number of carbonyl (C=O) groups is 1. The van der Waals surface area contributed by atoms with Gasteiger partial charge in [-0.1, -0.05) is 30.3 Å². The molecule has 1 aliphatic rings. The first kappa shape index (κ1) is 24.6. The SMILES string of the molecule is COc1cccc(C(=O)N(Cc2cccnc2)C2CCN(Cc3ccccc3OC(F)F)CC2)c1. The average Bonchev–Trinajstić information content (AvgIpc) is 2.89. The van der Waals surface area contributed by atoms with Crippen molar-refractivity contribution in [3.05, 3.63) is 89.7 Å². The van der Waals surface area contributed by atoms with E-state index in [0.717, 1.165) is 37.1 Å². The molecule has 0 atom stereocenters. The predicted molar refractivity (Wildman–Crippen MR) is 128 cm³/mol. The molecule has 35 heavy (non-hydrogen) atoms. The van der Waals surface area contributed by atoms with E-state index in [0.29, 0.717) is 24.4 Å². The summed E-state index contributed by atoms with van der Waals surface area (Å²) in [5.41, 5.74) is 2.27. The number of rotatable bonds is 9. The summed E-state index contributed by atoms with van der Waals surface area (Å²) < 4.78 is 35.5. The monoisotopic (exact) mass is 481 g/mol. The highest BCUT2D eigenvalue weighted by atomic mass is 19.3. The third kappa shape index (κ3) is 6.54. The number of pyridine rings is 1. The van der Waals surface area contributed by atoms with Crippen LogP contribution in [0.15, 0.2) is 73.1 Å². The van der Waals surface area contributed by atoms with E-state index in [1.54, 1.807) is 43.8 Å². The molecule has 1 amide bonds. The van der Waals surface area contributed by atoms with Crippen molar-refractivity contribution in [2.45, 2.75) is 38.6 Å². The molecule has 0 spiro atoms. The number of hydrogen-bond donors (Lipinski definition) is 0. The van der Waals surface area contributed by atoms with Gasteiger partial charge in [0.05, 0.1) is 7.11 Å². The van der Waals surface area contributed by atoms with Crippen LogP contribution in [0, 0.1) is 0 Å². The first-order valence-corrected chi connectivity index (χ1v) is 11.6. The quantitative estimate of drug-likeness (QED) is 0.431. The van der Waals surface area contributed by atoms with Crippen LogP contribution in [0.4, 0.5) is 8.78 Å². The number of piperidine rings is 1. The van der Waals surface area contributed by atoms with Gasteiger partial charge in [0, 0.05) is 55.7 Å². The molecule has 0 N–H and O–H groups in total. The second kappa shape index (κ2) is 11.8. The van der Waals surface area contributed by atoms with Crippen LogP contribution in [-0.2, 0) is 13.1 Å². The highest BCUT2D eigenvalue weighted by Gasteiger charge is 2.29. The first-order valence-electron chi connectivity index (χ1n) is 11.6. The lowest BCUT2D eigenvalue weighted by atomic mass is 10.00. The standard InChI is InChI=1S/C27H29F2N3O3/c1-34-24-9-4-8-21(16-24)26(33)32(18-20-6-5-13-30-17-20)23-11-14-31(15-12-23)19-22-7-2-3-10-25(22)35-27(28)29/h2-10,13,16-17,23,27H,11-12,14-15,18-19H2,1H3. The zero-order valence-electron chi connectivity index (χ0n) is 19.6. The lowest BCUT2D eigenvalue weighted by molar-refractivity contribution is -0.0508. The molecular weight excluding hydrogens is 452 g/mol. The predicted octanol–water partition coefficient (Wildman–Crippen LogP) is 5.00. The summed E-state index contributed by atoms with van der Waals surface area (Å²) in [4.78, 5) is 21.9. The number of methoxy groups -OCH3 is 1. The summed E-state index contributed by atoms with van der Waals surface area (Å²) in [5, 5.41) is 0. The maximum absolute atomic E-state index is 13.6. The number of aromatic nitrogens is 1. The topological polar surface area (TPSA) is 54.9 Å². The van der Waals surface area contributed by atoms with Crippen LogP contribution in [-0.4, -0.2) is 53.5 Å². The number of benzene rings is 2. The van der Waals surface area contributed by atoms with Crippen molar-refractivity contribution in [2.75, 3.05) is 20.2 Å². The second-order valence-corrected chi connectivity index (χ2v) is 8.52. The third-order valence-electron chi connectivity index (χ3n) is 6.23. The van der Waals surface area contributed by atoms with Gasteiger partial charge in [-0.3, -0.25) is 14.7 Å². The van der Waals surface area contributed by atoms with E-state index in [-0.39, 0.29) is 17.7 Å². The van der Waals surface area contributed by atoms with Gasteiger partial charge in [0.2, 0.25) is 0 Å². The minimum absolute atomic E-state index is 0.0396. The Morgan fingerprint density at radius 2 is 1.91 bits per heavy atom. The van der Waals surface area contributed by atoms with Crippen LogP contribution in [0.2, 0.25) is 0 Å². The summed E-state index contributed by atoms with van der Waals surface area (Å²) >= 11 is 0. The number of hydrogen-bond acceptors (Lipinski definition) is 5. The van der Waals surface area contributed by atoms with Crippen molar-refractivity contribution in [3.63, 3.8) is 0 Å². The van der Waals surface area contributed by atoms with Crippen molar-refractivity contribution < 1.29 is 23.0 Å². The third-order valence-corrected chi connectivity index (χ3v) is 6.23. The molecule has 1 fully saturated rings. The Kier molecular flexibility index (Phi) is 8.26. The van der Waals surface area contributed by atoms with Crippen LogP contribution in [0.5, 0.6) is 11.5 Å². The minimum Gasteiger partial charge on any atom is -0.497 e. The Labute approximate surface area is 204 Å². The number of amides is 1. The van der Waals surface area contributed by atoms with Gasteiger partial charge in [0.25, 0.3) is 5.91 Å². The maximum Gasteiger partial charge on any atom is 0.387 e. The highest BCUT2D eigenvalue weighted by Crippen LogP contribution is 2.26. The highest BCUT2D eigenvalue weighted by molar-refractivity contribution is 5.94. The lowest BCUT2D eigenvalue weighted by Gasteiger charge is -2.39. The molecule has 184 valence electrons. The molecule has 2 heterocycles. The van der Waals surface area contributed by atoms with Crippen molar-refractivity contribution in [1.82, 2.24) is 14.8 Å². The van der Waals surface area contributed by atoms with Gasteiger partial charge in [-0.25, -0.2) is 0 Å². The zero-order chi connectivity index (χ0) is 24.6. The minimum atomic E-state index is -2.86. The summed E-state index contributed by atoms with van der Waals surface area (Å²) in [6, 6.07) is 17.9. The van der Waals surface area contributed by atoms with Crippen LogP contribution >= 0.6 is 0 Å². The van der Waals surface area contributed by atoms with Crippen LogP contribution in [0.1, 0.15) is 34.3 Å². The fourth-order valence-corrected chi connectivity index (χ4v) is 4.45. The molecule has 0 bridgehead atoms. The normalized spacial score (nSPS) is 14.6. The summed E-state index contributed by atoms with van der Waals surface area (Å²) in [6.45, 7) is -0.405. The van der Waals surface area contributed by atoms with E-state index in [9.17, 15) is 13.6 Å².